The number of carbonyl (C=O) groups is 1. The van der Waals surface area contributed by atoms with Gasteiger partial charge < -0.3 is 15.0 Å². The molecule has 3 fully saturated rings. The van der Waals surface area contributed by atoms with Crippen LogP contribution in [0.15, 0.2) is 24.3 Å². The van der Waals surface area contributed by atoms with Gasteiger partial charge in [0.1, 0.15) is 11.9 Å². The lowest BCUT2D eigenvalue weighted by atomic mass is 9.91. The highest BCUT2D eigenvalue weighted by molar-refractivity contribution is 5.82. The van der Waals surface area contributed by atoms with Gasteiger partial charge in [0.15, 0.2) is 0 Å². The van der Waals surface area contributed by atoms with Gasteiger partial charge in [-0.2, -0.15) is 0 Å². The van der Waals surface area contributed by atoms with Crippen LogP contribution in [0.25, 0.3) is 0 Å². The number of carbonyl (C=O) groups excluding carboxylic acids is 1. The highest BCUT2D eigenvalue weighted by Gasteiger charge is 2.58. The average Bonchev–Trinajstić information content (AvgIpc) is 3.35. The van der Waals surface area contributed by atoms with Gasteiger partial charge in [-0.15, -0.1) is 0 Å². The van der Waals surface area contributed by atoms with E-state index < -0.39 is 4.92 Å². The Morgan fingerprint density at radius 2 is 1.85 bits per heavy atom. The molecule has 1 aromatic carbocycles. The third-order valence-corrected chi connectivity index (χ3v) is 6.19. The number of ether oxygens (including phenoxy) is 1. The Kier molecular flexibility index (Phi) is 4.56. The zero-order chi connectivity index (χ0) is 18.1. The lowest BCUT2D eigenvalue weighted by Crippen LogP contribution is -2.43. The highest BCUT2D eigenvalue weighted by Crippen LogP contribution is 2.59. The van der Waals surface area contributed by atoms with E-state index in [1.807, 2.05) is 4.90 Å². The summed E-state index contributed by atoms with van der Waals surface area (Å²) in [4.78, 5) is 25.1. The number of nitro benzene ring substituents is 1. The molecule has 1 atom stereocenters. The third-order valence-electron chi connectivity index (χ3n) is 6.19. The summed E-state index contributed by atoms with van der Waals surface area (Å²) in [6.07, 6.45) is 5.00. The first-order chi connectivity index (χ1) is 12.6. The largest absolute Gasteiger partial charge is 0.490 e. The summed E-state index contributed by atoms with van der Waals surface area (Å²) in [5.74, 6) is 1.22. The molecule has 1 aliphatic carbocycles. The standard InChI is InChI=1S/C19H25N3O4/c23-18(17-13-19(17)7-9-20-10-8-19)21-11-5-16(6-12-21)26-15-3-1-14(2-4-15)22(24)25/h1-4,16-17,20H,5-13H2. The topological polar surface area (TPSA) is 84.7 Å². The molecule has 1 spiro atoms. The van der Waals surface area contributed by atoms with E-state index in [1.54, 1.807) is 12.1 Å². The van der Waals surface area contributed by atoms with Gasteiger partial charge in [-0.05, 0) is 49.9 Å². The molecule has 2 saturated heterocycles. The molecule has 1 amide bonds. The average molecular weight is 359 g/mol. The second kappa shape index (κ2) is 6.87. The summed E-state index contributed by atoms with van der Waals surface area (Å²) in [5.41, 5.74) is 0.350. The van der Waals surface area contributed by atoms with Gasteiger partial charge in [-0.1, -0.05) is 0 Å². The van der Waals surface area contributed by atoms with E-state index in [2.05, 4.69) is 5.32 Å². The van der Waals surface area contributed by atoms with E-state index in [4.69, 9.17) is 4.74 Å². The number of nitrogens with zero attached hydrogens (tertiary/aromatic N) is 2. The van der Waals surface area contributed by atoms with Crippen LogP contribution < -0.4 is 10.1 Å². The molecule has 26 heavy (non-hydrogen) atoms. The Morgan fingerprint density at radius 3 is 2.46 bits per heavy atom. The highest BCUT2D eigenvalue weighted by atomic mass is 16.6. The van der Waals surface area contributed by atoms with Crippen LogP contribution in [0.5, 0.6) is 5.75 Å². The molecular weight excluding hydrogens is 334 g/mol. The number of non-ortho nitro benzene ring substituents is 1. The molecule has 1 saturated carbocycles. The molecule has 1 N–H and O–H groups in total. The van der Waals surface area contributed by atoms with Crippen LogP contribution in [0, 0.1) is 21.4 Å². The minimum absolute atomic E-state index is 0.0625. The van der Waals surface area contributed by atoms with Crippen molar-refractivity contribution in [3.63, 3.8) is 0 Å². The van der Waals surface area contributed by atoms with Crippen LogP contribution in [0.4, 0.5) is 5.69 Å². The summed E-state index contributed by atoms with van der Waals surface area (Å²) in [7, 11) is 0. The summed E-state index contributed by atoms with van der Waals surface area (Å²) in [5, 5.41) is 14.1. The van der Waals surface area contributed by atoms with E-state index in [0.29, 0.717) is 11.7 Å². The van der Waals surface area contributed by atoms with Gasteiger partial charge in [0, 0.05) is 44.0 Å². The first-order valence-electron chi connectivity index (χ1n) is 9.48. The Hall–Kier alpha value is -2.15. The number of likely N-dealkylation sites (tertiary alicyclic amines) is 1. The van der Waals surface area contributed by atoms with Crippen LogP contribution in [-0.2, 0) is 4.79 Å². The Balaban J connectivity index is 1.26. The zero-order valence-corrected chi connectivity index (χ0v) is 14.9. The van der Waals surface area contributed by atoms with E-state index in [0.717, 1.165) is 58.3 Å². The fraction of sp³-hybridized carbons (Fsp3) is 0.632. The van der Waals surface area contributed by atoms with Gasteiger partial charge in [0.25, 0.3) is 5.69 Å². The smallest absolute Gasteiger partial charge is 0.269 e. The molecule has 2 heterocycles. The number of amides is 1. The number of nitro groups is 1. The predicted molar refractivity (Wildman–Crippen MR) is 96.0 cm³/mol. The van der Waals surface area contributed by atoms with Crippen molar-refractivity contribution in [3.05, 3.63) is 34.4 Å². The lowest BCUT2D eigenvalue weighted by molar-refractivity contribution is -0.384. The SMILES string of the molecule is O=C(C1CC12CCNCC2)N1CCC(Oc2ccc([N+](=O)[O-])cc2)CC1. The maximum Gasteiger partial charge on any atom is 0.269 e. The molecule has 4 rings (SSSR count). The second-order valence-electron chi connectivity index (χ2n) is 7.76. The van der Waals surface area contributed by atoms with Crippen molar-refractivity contribution < 1.29 is 14.5 Å². The van der Waals surface area contributed by atoms with Crippen LogP contribution in [0.1, 0.15) is 32.1 Å². The van der Waals surface area contributed by atoms with Crippen molar-refractivity contribution in [2.75, 3.05) is 26.2 Å². The Morgan fingerprint density at radius 1 is 1.19 bits per heavy atom. The van der Waals surface area contributed by atoms with Crippen LogP contribution in [0.2, 0.25) is 0 Å². The number of hydrogen-bond donors (Lipinski definition) is 1. The van der Waals surface area contributed by atoms with E-state index in [-0.39, 0.29) is 23.1 Å². The summed E-state index contributed by atoms with van der Waals surface area (Å²) in [6, 6.07) is 6.20. The van der Waals surface area contributed by atoms with Crippen molar-refractivity contribution >= 4 is 11.6 Å². The molecule has 1 aromatic rings. The zero-order valence-electron chi connectivity index (χ0n) is 14.9. The Labute approximate surface area is 152 Å². The molecule has 0 bridgehead atoms. The second-order valence-corrected chi connectivity index (χ2v) is 7.76. The molecule has 7 heteroatoms. The fourth-order valence-electron chi connectivity index (χ4n) is 4.43. The quantitative estimate of drug-likeness (QED) is 0.659. The monoisotopic (exact) mass is 359 g/mol. The molecular formula is C19H25N3O4. The molecule has 3 aliphatic rings. The van der Waals surface area contributed by atoms with E-state index in [1.165, 1.54) is 12.1 Å². The first-order valence-corrected chi connectivity index (χ1v) is 9.48. The van der Waals surface area contributed by atoms with Gasteiger partial charge in [-0.25, -0.2) is 0 Å². The van der Waals surface area contributed by atoms with Gasteiger partial charge in [0.05, 0.1) is 4.92 Å². The molecule has 0 radical (unpaired) electrons. The maximum absolute atomic E-state index is 12.8. The number of piperidine rings is 2. The molecule has 0 aromatic heterocycles. The van der Waals surface area contributed by atoms with Crippen molar-refractivity contribution in [1.29, 1.82) is 0 Å². The van der Waals surface area contributed by atoms with Crippen LogP contribution in [-0.4, -0.2) is 48.0 Å². The number of hydrogen-bond acceptors (Lipinski definition) is 5. The van der Waals surface area contributed by atoms with Gasteiger partial charge in [0.2, 0.25) is 5.91 Å². The maximum atomic E-state index is 12.8. The number of benzene rings is 1. The van der Waals surface area contributed by atoms with Crippen molar-refractivity contribution in [2.45, 2.75) is 38.2 Å². The van der Waals surface area contributed by atoms with Gasteiger partial charge in [-0.3, -0.25) is 14.9 Å². The summed E-state index contributed by atoms with van der Waals surface area (Å²) >= 11 is 0. The predicted octanol–water partition coefficient (Wildman–Crippen LogP) is 2.35. The molecule has 140 valence electrons. The fourth-order valence-corrected chi connectivity index (χ4v) is 4.43. The van der Waals surface area contributed by atoms with Gasteiger partial charge >= 0.3 is 0 Å². The lowest BCUT2D eigenvalue weighted by Gasteiger charge is -2.33. The minimum Gasteiger partial charge on any atom is -0.490 e. The molecule has 1 unspecified atom stereocenters. The summed E-state index contributed by atoms with van der Waals surface area (Å²) in [6.45, 7) is 3.55. The van der Waals surface area contributed by atoms with Crippen LogP contribution in [0.3, 0.4) is 0 Å². The molecule has 7 nitrogen and oxygen atoms in total. The third kappa shape index (κ3) is 3.40. The van der Waals surface area contributed by atoms with E-state index >= 15 is 0 Å². The normalized spacial score (nSPS) is 25.1. The van der Waals surface area contributed by atoms with Crippen molar-refractivity contribution in [3.8, 4) is 5.75 Å². The number of nitrogens with one attached hydrogen (secondary N) is 1. The van der Waals surface area contributed by atoms with Crippen LogP contribution >= 0.6 is 0 Å². The molecule has 2 aliphatic heterocycles. The first kappa shape index (κ1) is 17.3. The Bertz CT molecular complexity index is 677. The van der Waals surface area contributed by atoms with Crippen molar-refractivity contribution in [1.82, 2.24) is 10.2 Å². The minimum atomic E-state index is -0.416. The van der Waals surface area contributed by atoms with E-state index in [9.17, 15) is 14.9 Å². The summed E-state index contributed by atoms with van der Waals surface area (Å²) < 4.78 is 5.94. The van der Waals surface area contributed by atoms with Crippen molar-refractivity contribution in [2.24, 2.45) is 11.3 Å². The number of rotatable bonds is 4.